The van der Waals surface area contributed by atoms with Crippen LogP contribution in [0.25, 0.3) is 0 Å². The lowest BCUT2D eigenvalue weighted by Crippen LogP contribution is -2.28. The van der Waals surface area contributed by atoms with Gasteiger partial charge in [0.15, 0.2) is 0 Å². The molecule has 4 nitrogen and oxygen atoms in total. The quantitative estimate of drug-likeness (QED) is 0.796. The topological polar surface area (TPSA) is 55.8 Å². The summed E-state index contributed by atoms with van der Waals surface area (Å²) >= 11 is 0. The molecule has 1 aliphatic rings. The summed E-state index contributed by atoms with van der Waals surface area (Å²) in [5, 5.41) is 9.00. The number of hydrogen-bond acceptors (Lipinski definition) is 3. The third-order valence-corrected chi connectivity index (χ3v) is 2.55. The summed E-state index contributed by atoms with van der Waals surface area (Å²) < 4.78 is 10.6. The number of carboxylic acids is 1. The van der Waals surface area contributed by atoms with Crippen molar-refractivity contribution in [3.8, 4) is 5.75 Å². The number of benzene rings is 1. The molecule has 0 aliphatic carbocycles. The van der Waals surface area contributed by atoms with E-state index in [-0.39, 0.29) is 6.10 Å². The van der Waals surface area contributed by atoms with Gasteiger partial charge in [-0.2, -0.15) is 0 Å². The van der Waals surface area contributed by atoms with Gasteiger partial charge in [0.25, 0.3) is 0 Å². The van der Waals surface area contributed by atoms with Crippen LogP contribution in [-0.2, 0) is 11.2 Å². The molecule has 1 unspecified atom stereocenters. The summed E-state index contributed by atoms with van der Waals surface area (Å²) in [6.07, 6.45) is 0.534. The van der Waals surface area contributed by atoms with Gasteiger partial charge in [0.1, 0.15) is 12.4 Å². The van der Waals surface area contributed by atoms with Crippen molar-refractivity contribution >= 4 is 5.97 Å². The van der Waals surface area contributed by atoms with E-state index in [2.05, 4.69) is 0 Å². The number of methoxy groups -OCH3 is 1. The maximum atomic E-state index is 11.0. The average Bonchev–Trinajstić information content (AvgIpc) is 2.27. The van der Waals surface area contributed by atoms with E-state index in [1.807, 2.05) is 0 Å². The van der Waals surface area contributed by atoms with Gasteiger partial charge in [0.05, 0.1) is 11.7 Å². The Morgan fingerprint density at radius 3 is 3.07 bits per heavy atom. The maximum Gasteiger partial charge on any atom is 0.336 e. The number of carboxylic acid groups (broad SMARTS) is 1. The lowest BCUT2D eigenvalue weighted by Gasteiger charge is -2.25. The molecule has 1 heterocycles. The third-order valence-electron chi connectivity index (χ3n) is 2.55. The highest BCUT2D eigenvalue weighted by atomic mass is 16.5. The summed E-state index contributed by atoms with van der Waals surface area (Å²) in [4.78, 5) is 11.0. The summed E-state index contributed by atoms with van der Waals surface area (Å²) in [7, 11) is 1.60. The Kier molecular flexibility index (Phi) is 2.60. The molecule has 0 radical (unpaired) electrons. The summed E-state index contributed by atoms with van der Waals surface area (Å²) in [6.45, 7) is 0.479. The fraction of sp³-hybridized carbons (Fsp3) is 0.364. The van der Waals surface area contributed by atoms with Crippen LogP contribution in [0.15, 0.2) is 18.2 Å². The fourth-order valence-corrected chi connectivity index (χ4v) is 1.73. The van der Waals surface area contributed by atoms with Crippen molar-refractivity contribution in [2.45, 2.75) is 12.5 Å². The highest BCUT2D eigenvalue weighted by Crippen LogP contribution is 2.28. The van der Waals surface area contributed by atoms with E-state index in [1.54, 1.807) is 25.3 Å². The highest BCUT2D eigenvalue weighted by Gasteiger charge is 2.23. The molecule has 0 aromatic heterocycles. The molecule has 1 aromatic rings. The van der Waals surface area contributed by atoms with E-state index in [1.165, 1.54) is 0 Å². The van der Waals surface area contributed by atoms with Crippen molar-refractivity contribution in [3.05, 3.63) is 29.3 Å². The van der Waals surface area contributed by atoms with Gasteiger partial charge in [0.2, 0.25) is 0 Å². The van der Waals surface area contributed by atoms with Gasteiger partial charge in [0, 0.05) is 19.1 Å². The molecule has 1 atom stereocenters. The van der Waals surface area contributed by atoms with Gasteiger partial charge in [-0.3, -0.25) is 0 Å². The fourth-order valence-electron chi connectivity index (χ4n) is 1.73. The first-order valence-corrected chi connectivity index (χ1v) is 4.73. The Bertz CT molecular complexity index is 386. The van der Waals surface area contributed by atoms with Gasteiger partial charge >= 0.3 is 5.97 Å². The summed E-state index contributed by atoms with van der Waals surface area (Å²) in [5.74, 6) is -0.268. The van der Waals surface area contributed by atoms with E-state index in [0.717, 1.165) is 5.56 Å². The van der Waals surface area contributed by atoms with Crippen LogP contribution in [-0.4, -0.2) is 30.9 Å². The van der Waals surface area contributed by atoms with Crippen molar-refractivity contribution in [1.29, 1.82) is 0 Å². The maximum absolute atomic E-state index is 11.0. The van der Waals surface area contributed by atoms with Crippen molar-refractivity contribution in [2.24, 2.45) is 0 Å². The van der Waals surface area contributed by atoms with Crippen molar-refractivity contribution in [2.75, 3.05) is 13.7 Å². The minimum absolute atomic E-state index is 0.0574. The SMILES string of the molecule is COC1COc2cccc(C(=O)O)c2C1. The van der Waals surface area contributed by atoms with Crippen LogP contribution in [0.2, 0.25) is 0 Å². The Morgan fingerprint density at radius 2 is 2.40 bits per heavy atom. The molecule has 1 N–H and O–H groups in total. The molecule has 15 heavy (non-hydrogen) atoms. The number of ether oxygens (including phenoxy) is 2. The number of aromatic carboxylic acids is 1. The molecule has 0 saturated heterocycles. The Balaban J connectivity index is 2.40. The van der Waals surface area contributed by atoms with Gasteiger partial charge < -0.3 is 14.6 Å². The van der Waals surface area contributed by atoms with Gasteiger partial charge in [-0.05, 0) is 12.1 Å². The summed E-state index contributed by atoms with van der Waals surface area (Å²) in [5.41, 5.74) is 1.03. The first-order valence-electron chi connectivity index (χ1n) is 4.73. The van der Waals surface area contributed by atoms with Crippen molar-refractivity contribution < 1.29 is 19.4 Å². The standard InChI is InChI=1S/C11H12O4/c1-14-7-5-9-8(11(12)13)3-2-4-10(9)15-6-7/h2-4,7H,5-6H2,1H3,(H,12,13). The molecule has 0 amide bonds. The van der Waals surface area contributed by atoms with Crippen LogP contribution in [0, 0.1) is 0 Å². The zero-order chi connectivity index (χ0) is 10.8. The number of rotatable bonds is 2. The van der Waals surface area contributed by atoms with Gasteiger partial charge in [-0.1, -0.05) is 6.07 Å². The molecule has 4 heteroatoms. The van der Waals surface area contributed by atoms with E-state index in [9.17, 15) is 4.79 Å². The number of carbonyl (C=O) groups is 1. The van der Waals surface area contributed by atoms with E-state index >= 15 is 0 Å². The second kappa shape index (κ2) is 3.90. The second-order valence-corrected chi connectivity index (χ2v) is 3.46. The highest BCUT2D eigenvalue weighted by molar-refractivity contribution is 5.90. The minimum atomic E-state index is -0.924. The molecule has 0 saturated carbocycles. The van der Waals surface area contributed by atoms with E-state index < -0.39 is 5.97 Å². The monoisotopic (exact) mass is 208 g/mol. The number of hydrogen-bond donors (Lipinski definition) is 1. The third kappa shape index (κ3) is 1.80. The van der Waals surface area contributed by atoms with Crippen LogP contribution in [0.1, 0.15) is 15.9 Å². The molecular formula is C11H12O4. The van der Waals surface area contributed by atoms with Crippen LogP contribution in [0.4, 0.5) is 0 Å². The molecule has 0 bridgehead atoms. The zero-order valence-corrected chi connectivity index (χ0v) is 8.40. The van der Waals surface area contributed by atoms with Crippen LogP contribution >= 0.6 is 0 Å². The average molecular weight is 208 g/mol. The van der Waals surface area contributed by atoms with Crippen molar-refractivity contribution in [3.63, 3.8) is 0 Å². The first-order chi connectivity index (χ1) is 7.22. The molecule has 80 valence electrons. The molecule has 1 aromatic carbocycles. The normalized spacial score (nSPS) is 19.1. The predicted molar refractivity (Wildman–Crippen MR) is 53.4 cm³/mol. The molecule has 0 fully saturated rings. The number of fused-ring (bicyclic) bond motifs is 1. The van der Waals surface area contributed by atoms with Gasteiger partial charge in [-0.15, -0.1) is 0 Å². The van der Waals surface area contributed by atoms with Crippen LogP contribution < -0.4 is 4.74 Å². The predicted octanol–water partition coefficient (Wildman–Crippen LogP) is 1.33. The largest absolute Gasteiger partial charge is 0.491 e. The smallest absolute Gasteiger partial charge is 0.336 e. The van der Waals surface area contributed by atoms with Crippen LogP contribution in [0.3, 0.4) is 0 Å². The summed E-state index contributed by atoms with van der Waals surface area (Å²) in [6, 6.07) is 5.06. The molecule has 2 rings (SSSR count). The lowest BCUT2D eigenvalue weighted by atomic mass is 9.98. The van der Waals surface area contributed by atoms with Gasteiger partial charge in [-0.25, -0.2) is 4.79 Å². The first kappa shape index (κ1) is 9.98. The second-order valence-electron chi connectivity index (χ2n) is 3.46. The molecule has 0 spiro atoms. The Hall–Kier alpha value is -1.55. The van der Waals surface area contributed by atoms with E-state index in [0.29, 0.717) is 24.3 Å². The Labute approximate surface area is 87.4 Å². The molecule has 1 aliphatic heterocycles. The molecular weight excluding hydrogens is 196 g/mol. The minimum Gasteiger partial charge on any atom is -0.491 e. The van der Waals surface area contributed by atoms with Crippen LogP contribution in [0.5, 0.6) is 5.75 Å². The lowest BCUT2D eigenvalue weighted by molar-refractivity contribution is 0.0456. The Morgan fingerprint density at radius 1 is 1.60 bits per heavy atom. The van der Waals surface area contributed by atoms with Crippen molar-refractivity contribution in [1.82, 2.24) is 0 Å². The van der Waals surface area contributed by atoms with E-state index in [4.69, 9.17) is 14.6 Å². The zero-order valence-electron chi connectivity index (χ0n) is 8.40.